The maximum Gasteiger partial charge on any atom is 0.0642 e. The van der Waals surface area contributed by atoms with E-state index in [1.54, 1.807) is 11.3 Å². The number of rotatable bonds is 7. The van der Waals surface area contributed by atoms with Crippen LogP contribution in [0.15, 0.2) is 35.0 Å². The highest BCUT2D eigenvalue weighted by Crippen LogP contribution is 2.30. The molecule has 2 rings (SSSR count). The van der Waals surface area contributed by atoms with Gasteiger partial charge in [-0.3, -0.25) is 0 Å². The Balaban J connectivity index is 2.15. The third kappa shape index (κ3) is 3.98. The second kappa shape index (κ2) is 7.67. The van der Waals surface area contributed by atoms with Gasteiger partial charge in [-0.1, -0.05) is 30.7 Å². The third-order valence-corrected chi connectivity index (χ3v) is 4.23. The highest BCUT2D eigenvalue weighted by atomic mass is 35.5. The van der Waals surface area contributed by atoms with Crippen LogP contribution in [0.4, 0.5) is 5.69 Å². The van der Waals surface area contributed by atoms with Crippen LogP contribution in [0, 0.1) is 0 Å². The fraction of sp³-hybridized carbons (Fsp3) is 0.375. The van der Waals surface area contributed by atoms with Crippen LogP contribution in [-0.4, -0.2) is 13.6 Å². The van der Waals surface area contributed by atoms with Gasteiger partial charge < -0.3 is 10.2 Å². The zero-order valence-corrected chi connectivity index (χ0v) is 13.6. The first-order chi connectivity index (χ1) is 9.72. The lowest BCUT2D eigenvalue weighted by Gasteiger charge is -2.23. The fourth-order valence-corrected chi connectivity index (χ4v) is 3.26. The van der Waals surface area contributed by atoms with E-state index in [1.165, 1.54) is 11.1 Å². The summed E-state index contributed by atoms with van der Waals surface area (Å²) in [5.41, 5.74) is 3.71. The molecule has 0 aliphatic carbocycles. The average molecular weight is 309 g/mol. The third-order valence-electron chi connectivity index (χ3n) is 3.19. The summed E-state index contributed by atoms with van der Waals surface area (Å²) < 4.78 is 0. The molecule has 0 aliphatic heterocycles. The van der Waals surface area contributed by atoms with E-state index in [4.69, 9.17) is 11.6 Å². The number of hydrogen-bond donors (Lipinski definition) is 1. The molecule has 0 spiro atoms. The minimum Gasteiger partial charge on any atom is -0.369 e. The van der Waals surface area contributed by atoms with Crippen molar-refractivity contribution >= 4 is 28.6 Å². The zero-order valence-electron chi connectivity index (χ0n) is 12.0. The molecular formula is C16H21ClN2S. The van der Waals surface area contributed by atoms with E-state index >= 15 is 0 Å². The molecule has 1 aromatic heterocycles. The van der Waals surface area contributed by atoms with Crippen molar-refractivity contribution in [2.75, 3.05) is 18.5 Å². The van der Waals surface area contributed by atoms with E-state index in [9.17, 15) is 0 Å². The van der Waals surface area contributed by atoms with Crippen LogP contribution < -0.4 is 10.2 Å². The minimum atomic E-state index is 0.818. The molecule has 0 saturated heterocycles. The molecule has 0 saturated carbocycles. The summed E-state index contributed by atoms with van der Waals surface area (Å²) in [5.74, 6) is 0. The zero-order chi connectivity index (χ0) is 14.4. The summed E-state index contributed by atoms with van der Waals surface area (Å²) in [6.45, 7) is 4.94. The van der Waals surface area contributed by atoms with Gasteiger partial charge in [-0.25, -0.2) is 0 Å². The molecule has 1 aromatic carbocycles. The second-order valence-electron chi connectivity index (χ2n) is 4.91. The van der Waals surface area contributed by atoms with Crippen molar-refractivity contribution in [3.63, 3.8) is 0 Å². The highest BCUT2D eigenvalue weighted by Gasteiger charge is 2.12. The predicted molar refractivity (Wildman–Crippen MR) is 89.9 cm³/mol. The van der Waals surface area contributed by atoms with Crippen LogP contribution in [0.3, 0.4) is 0 Å². The van der Waals surface area contributed by atoms with Crippen molar-refractivity contribution in [2.24, 2.45) is 0 Å². The normalized spacial score (nSPS) is 10.8. The summed E-state index contributed by atoms with van der Waals surface area (Å²) in [6.07, 6.45) is 1.14. The molecule has 0 unspecified atom stereocenters. The molecule has 0 aliphatic rings. The van der Waals surface area contributed by atoms with Crippen molar-refractivity contribution < 1.29 is 0 Å². The molecule has 1 heterocycles. The van der Waals surface area contributed by atoms with E-state index in [1.807, 2.05) is 12.1 Å². The van der Waals surface area contributed by atoms with Crippen LogP contribution in [-0.2, 0) is 13.1 Å². The Hall–Kier alpha value is -1.03. The summed E-state index contributed by atoms with van der Waals surface area (Å²) >= 11 is 8.14. The molecule has 0 bridgehead atoms. The Morgan fingerprint density at radius 1 is 1.30 bits per heavy atom. The number of nitrogens with one attached hydrogen (secondary N) is 1. The molecule has 0 amide bonds. The van der Waals surface area contributed by atoms with Gasteiger partial charge >= 0.3 is 0 Å². The molecule has 0 fully saturated rings. The number of thiophene rings is 1. The molecule has 2 aromatic rings. The van der Waals surface area contributed by atoms with Crippen molar-refractivity contribution in [1.29, 1.82) is 0 Å². The molecule has 20 heavy (non-hydrogen) atoms. The van der Waals surface area contributed by atoms with E-state index in [0.29, 0.717) is 0 Å². The number of para-hydroxylation sites is 1. The quantitative estimate of drug-likeness (QED) is 0.756. The SMILES string of the molecule is CCCNCc1cccc(Cl)c1N(C)Cc1ccsc1. The van der Waals surface area contributed by atoms with Gasteiger partial charge in [0.25, 0.3) is 0 Å². The van der Waals surface area contributed by atoms with Gasteiger partial charge in [0, 0.05) is 20.1 Å². The number of nitrogens with zero attached hydrogens (tertiary/aromatic N) is 1. The summed E-state index contributed by atoms with van der Waals surface area (Å²) in [6, 6.07) is 8.29. The second-order valence-corrected chi connectivity index (χ2v) is 6.10. The number of hydrogen-bond acceptors (Lipinski definition) is 3. The van der Waals surface area contributed by atoms with Crippen molar-refractivity contribution in [3.05, 3.63) is 51.2 Å². The molecule has 4 heteroatoms. The molecule has 2 nitrogen and oxygen atoms in total. The number of anilines is 1. The monoisotopic (exact) mass is 308 g/mol. The van der Waals surface area contributed by atoms with E-state index in [0.717, 1.165) is 36.8 Å². The first kappa shape index (κ1) is 15.4. The topological polar surface area (TPSA) is 15.3 Å². The van der Waals surface area contributed by atoms with Gasteiger partial charge in [-0.15, -0.1) is 0 Å². The van der Waals surface area contributed by atoms with Gasteiger partial charge in [0.1, 0.15) is 0 Å². The summed E-state index contributed by atoms with van der Waals surface area (Å²) in [5, 5.41) is 8.56. The van der Waals surface area contributed by atoms with E-state index in [-0.39, 0.29) is 0 Å². The van der Waals surface area contributed by atoms with Gasteiger partial charge in [0.05, 0.1) is 10.7 Å². The number of benzene rings is 1. The van der Waals surface area contributed by atoms with Crippen molar-refractivity contribution in [1.82, 2.24) is 5.32 Å². The van der Waals surface area contributed by atoms with Gasteiger partial charge in [0.15, 0.2) is 0 Å². The summed E-state index contributed by atoms with van der Waals surface area (Å²) in [7, 11) is 2.10. The van der Waals surface area contributed by atoms with E-state index < -0.39 is 0 Å². The Kier molecular flexibility index (Phi) is 5.89. The lowest BCUT2D eigenvalue weighted by molar-refractivity contribution is 0.674. The molecule has 108 valence electrons. The molecule has 0 radical (unpaired) electrons. The Morgan fingerprint density at radius 3 is 2.85 bits per heavy atom. The molecular weight excluding hydrogens is 288 g/mol. The Morgan fingerprint density at radius 2 is 2.15 bits per heavy atom. The van der Waals surface area contributed by atoms with Crippen LogP contribution in [0.25, 0.3) is 0 Å². The van der Waals surface area contributed by atoms with Crippen LogP contribution >= 0.6 is 22.9 Å². The smallest absolute Gasteiger partial charge is 0.0642 e. The van der Waals surface area contributed by atoms with Crippen molar-refractivity contribution in [3.8, 4) is 0 Å². The minimum absolute atomic E-state index is 0.818. The summed E-state index contributed by atoms with van der Waals surface area (Å²) in [4.78, 5) is 2.23. The lowest BCUT2D eigenvalue weighted by Crippen LogP contribution is -2.21. The van der Waals surface area contributed by atoms with Crippen LogP contribution in [0.2, 0.25) is 5.02 Å². The van der Waals surface area contributed by atoms with Gasteiger partial charge in [0.2, 0.25) is 0 Å². The first-order valence-electron chi connectivity index (χ1n) is 6.92. The Labute approximate surface area is 130 Å². The van der Waals surface area contributed by atoms with E-state index in [2.05, 4.69) is 47.1 Å². The van der Waals surface area contributed by atoms with Crippen molar-refractivity contribution in [2.45, 2.75) is 26.4 Å². The van der Waals surface area contributed by atoms with Gasteiger partial charge in [-0.05, 0) is 47.0 Å². The standard InChI is InChI=1S/C16H21ClN2S/c1-3-8-18-10-14-5-4-6-15(17)16(14)19(2)11-13-7-9-20-12-13/h4-7,9,12,18H,3,8,10-11H2,1-2H3. The van der Waals surface area contributed by atoms with Crippen LogP contribution in [0.5, 0.6) is 0 Å². The fourth-order valence-electron chi connectivity index (χ4n) is 2.27. The maximum absolute atomic E-state index is 6.41. The maximum atomic E-state index is 6.41. The molecule has 0 atom stereocenters. The lowest BCUT2D eigenvalue weighted by atomic mass is 10.1. The Bertz CT molecular complexity index is 525. The highest BCUT2D eigenvalue weighted by molar-refractivity contribution is 7.07. The van der Waals surface area contributed by atoms with Gasteiger partial charge in [-0.2, -0.15) is 11.3 Å². The number of halogens is 1. The van der Waals surface area contributed by atoms with Crippen LogP contribution in [0.1, 0.15) is 24.5 Å². The molecule has 1 N–H and O–H groups in total. The predicted octanol–water partition coefficient (Wildman–Crippen LogP) is 4.54. The first-order valence-corrected chi connectivity index (χ1v) is 8.24. The average Bonchev–Trinajstić information content (AvgIpc) is 2.92. The largest absolute Gasteiger partial charge is 0.369 e.